The summed E-state index contributed by atoms with van der Waals surface area (Å²) in [6, 6.07) is 3.26. The molecular formula is C33H48N2O6. The fourth-order valence-electron chi connectivity index (χ4n) is 8.85. The SMILES string of the molecule is C=C[C@]1(C)C[C@@H](OC(=O)c2cccn(CCCN3CCOCC3)c2=O)[C@@]2(C)C3C(=O)CCC3(CC[C@H]2C)[C@@H](C)[C@@H]1O. The summed E-state index contributed by atoms with van der Waals surface area (Å²) in [6.07, 6.45) is 6.27. The van der Waals surface area contributed by atoms with E-state index in [1.54, 1.807) is 22.9 Å². The van der Waals surface area contributed by atoms with Gasteiger partial charge in [0, 0.05) is 55.5 Å². The Morgan fingerprint density at radius 1 is 1.20 bits per heavy atom. The number of aliphatic hydroxyl groups excluding tert-OH is 1. The first kappa shape index (κ1) is 30.2. The maximum absolute atomic E-state index is 13.8. The van der Waals surface area contributed by atoms with E-state index in [1.165, 1.54) is 6.07 Å². The van der Waals surface area contributed by atoms with E-state index in [1.807, 2.05) is 6.92 Å². The van der Waals surface area contributed by atoms with Crippen molar-refractivity contribution in [1.29, 1.82) is 0 Å². The Hall–Kier alpha value is -2.29. The Bertz CT molecular complexity index is 1220. The van der Waals surface area contributed by atoms with Gasteiger partial charge in [-0.3, -0.25) is 14.5 Å². The summed E-state index contributed by atoms with van der Waals surface area (Å²) in [4.78, 5) is 43.2. The van der Waals surface area contributed by atoms with Crippen LogP contribution in [0.3, 0.4) is 0 Å². The van der Waals surface area contributed by atoms with E-state index >= 15 is 0 Å². The topological polar surface area (TPSA) is 98.1 Å². The molecule has 0 aromatic carbocycles. The van der Waals surface area contributed by atoms with Gasteiger partial charge in [0.2, 0.25) is 0 Å². The molecule has 8 nitrogen and oxygen atoms in total. The molecule has 2 bridgehead atoms. The number of hydrogen-bond donors (Lipinski definition) is 1. The largest absolute Gasteiger partial charge is 0.458 e. The van der Waals surface area contributed by atoms with Gasteiger partial charge in [0.15, 0.2) is 0 Å². The molecule has 41 heavy (non-hydrogen) atoms. The number of aryl methyl sites for hydroxylation is 1. The number of nitrogens with zero attached hydrogens (tertiary/aromatic N) is 2. The molecule has 0 spiro atoms. The maximum Gasteiger partial charge on any atom is 0.344 e. The van der Waals surface area contributed by atoms with Crippen molar-refractivity contribution in [3.63, 3.8) is 0 Å². The summed E-state index contributed by atoms with van der Waals surface area (Å²) >= 11 is 0. The molecule has 8 heteroatoms. The fourth-order valence-corrected chi connectivity index (χ4v) is 8.85. The zero-order chi connectivity index (χ0) is 29.6. The Morgan fingerprint density at radius 3 is 2.63 bits per heavy atom. The molecule has 3 aliphatic carbocycles. The molecule has 226 valence electrons. The van der Waals surface area contributed by atoms with Gasteiger partial charge in [-0.1, -0.05) is 33.8 Å². The van der Waals surface area contributed by atoms with Crippen molar-refractivity contribution in [2.24, 2.45) is 34.0 Å². The van der Waals surface area contributed by atoms with Crippen LogP contribution in [-0.4, -0.2) is 71.4 Å². The minimum atomic E-state index is -0.729. The van der Waals surface area contributed by atoms with E-state index in [2.05, 4.69) is 32.3 Å². The lowest BCUT2D eigenvalue weighted by Crippen LogP contribution is -2.63. The lowest BCUT2D eigenvalue weighted by molar-refractivity contribution is -0.192. The predicted molar refractivity (Wildman–Crippen MR) is 157 cm³/mol. The first-order valence-electron chi connectivity index (χ1n) is 15.5. The van der Waals surface area contributed by atoms with Gasteiger partial charge in [-0.25, -0.2) is 4.79 Å². The van der Waals surface area contributed by atoms with Crippen LogP contribution >= 0.6 is 0 Å². The highest BCUT2D eigenvalue weighted by Gasteiger charge is 2.68. The second-order valence-corrected chi connectivity index (χ2v) is 13.7. The van der Waals surface area contributed by atoms with Crippen LogP contribution in [0.1, 0.15) is 76.6 Å². The van der Waals surface area contributed by atoms with Gasteiger partial charge in [0.25, 0.3) is 5.56 Å². The van der Waals surface area contributed by atoms with E-state index < -0.39 is 29.0 Å². The first-order valence-corrected chi connectivity index (χ1v) is 15.5. The van der Waals surface area contributed by atoms with Crippen molar-refractivity contribution in [3.8, 4) is 0 Å². The third-order valence-corrected chi connectivity index (χ3v) is 11.8. The number of Topliss-reactive ketones (excluding diaryl/α,β-unsaturated/α-hetero) is 1. The highest BCUT2D eigenvalue weighted by molar-refractivity contribution is 5.89. The standard InChI is InChI=1S/C33H48N2O6/c1-6-31(4)21-26(32(5)22(2)10-12-33(23(3)28(31)37)13-11-25(36)27(32)33)41-30(39)24-9-7-15-35(29(24)38)16-8-14-34-17-19-40-20-18-34/h6-7,9,15,22-23,26-28,37H,1,8,10-14,16-21H2,2-5H3/t22-,23+,26-,27?,28+,31-,32+,33?/m1/s1. The van der Waals surface area contributed by atoms with Crippen molar-refractivity contribution in [1.82, 2.24) is 9.47 Å². The highest BCUT2D eigenvalue weighted by atomic mass is 16.5. The number of rotatable bonds is 7. The molecule has 1 N–H and O–H groups in total. The summed E-state index contributed by atoms with van der Waals surface area (Å²) in [5.74, 6) is -0.715. The summed E-state index contributed by atoms with van der Waals surface area (Å²) in [5.41, 5.74) is -2.04. The smallest absolute Gasteiger partial charge is 0.344 e. The number of pyridine rings is 1. The van der Waals surface area contributed by atoms with Gasteiger partial charge in [0.1, 0.15) is 17.5 Å². The van der Waals surface area contributed by atoms with E-state index in [0.29, 0.717) is 19.4 Å². The van der Waals surface area contributed by atoms with Crippen LogP contribution in [0.5, 0.6) is 0 Å². The number of carbonyl (C=O) groups is 2. The average Bonchev–Trinajstić information content (AvgIpc) is 3.32. The highest BCUT2D eigenvalue weighted by Crippen LogP contribution is 2.68. The minimum absolute atomic E-state index is 0.00577. The Balaban J connectivity index is 1.44. The number of esters is 1. The second-order valence-electron chi connectivity index (χ2n) is 13.7. The fraction of sp³-hybridized carbons (Fsp3) is 0.727. The summed E-state index contributed by atoms with van der Waals surface area (Å²) < 4.78 is 13.4. The van der Waals surface area contributed by atoms with Gasteiger partial charge >= 0.3 is 5.97 Å². The molecule has 1 aromatic rings. The van der Waals surface area contributed by atoms with Crippen molar-refractivity contribution in [2.45, 2.75) is 85.0 Å². The molecule has 4 aliphatic rings. The first-order chi connectivity index (χ1) is 19.5. The summed E-state index contributed by atoms with van der Waals surface area (Å²) in [6.45, 7) is 17.0. The van der Waals surface area contributed by atoms with Crippen molar-refractivity contribution in [3.05, 3.63) is 46.9 Å². The zero-order valence-electron chi connectivity index (χ0n) is 25.3. The van der Waals surface area contributed by atoms with Gasteiger partial charge in [0.05, 0.1) is 19.3 Å². The molecule has 1 aliphatic heterocycles. The number of aromatic nitrogens is 1. The van der Waals surface area contributed by atoms with Gasteiger partial charge in [-0.15, -0.1) is 6.58 Å². The Labute approximate surface area is 244 Å². The van der Waals surface area contributed by atoms with Crippen LogP contribution in [0.2, 0.25) is 0 Å². The molecule has 0 radical (unpaired) electrons. The van der Waals surface area contributed by atoms with Crippen LogP contribution < -0.4 is 5.56 Å². The molecule has 8 atom stereocenters. The normalized spacial score (nSPS) is 39.4. The predicted octanol–water partition coefficient (Wildman–Crippen LogP) is 4.09. The van der Waals surface area contributed by atoms with Crippen LogP contribution in [0.25, 0.3) is 0 Å². The van der Waals surface area contributed by atoms with Crippen LogP contribution in [0.4, 0.5) is 0 Å². The third-order valence-electron chi connectivity index (χ3n) is 11.8. The minimum Gasteiger partial charge on any atom is -0.458 e. The van der Waals surface area contributed by atoms with Gasteiger partial charge in [-0.05, 0) is 61.5 Å². The van der Waals surface area contributed by atoms with E-state index in [4.69, 9.17) is 9.47 Å². The van der Waals surface area contributed by atoms with Crippen molar-refractivity contribution >= 4 is 11.8 Å². The van der Waals surface area contributed by atoms with Crippen LogP contribution in [0, 0.1) is 34.0 Å². The number of morpholine rings is 1. The molecule has 1 saturated heterocycles. The summed E-state index contributed by atoms with van der Waals surface area (Å²) in [7, 11) is 0. The molecule has 1 aromatic heterocycles. The second kappa shape index (κ2) is 11.4. The van der Waals surface area contributed by atoms with Crippen molar-refractivity contribution in [2.75, 3.05) is 32.8 Å². The summed E-state index contributed by atoms with van der Waals surface area (Å²) in [5, 5.41) is 11.7. The quantitative estimate of drug-likeness (QED) is 0.391. The van der Waals surface area contributed by atoms with Crippen LogP contribution in [0.15, 0.2) is 35.8 Å². The number of ether oxygens (including phenoxy) is 2. The third kappa shape index (κ3) is 5.04. The van der Waals surface area contributed by atoms with E-state index in [9.17, 15) is 19.5 Å². The molecule has 3 saturated carbocycles. The molecule has 0 amide bonds. The average molecular weight is 569 g/mol. The monoisotopic (exact) mass is 568 g/mol. The lowest BCUT2D eigenvalue weighted by Gasteiger charge is -2.61. The number of aliphatic hydroxyl groups is 1. The molecule has 4 fully saturated rings. The number of hydrogen-bond acceptors (Lipinski definition) is 7. The lowest BCUT2D eigenvalue weighted by atomic mass is 9.44. The Kier molecular flexibility index (Phi) is 8.40. The van der Waals surface area contributed by atoms with E-state index in [0.717, 1.165) is 58.5 Å². The van der Waals surface area contributed by atoms with Crippen LogP contribution in [-0.2, 0) is 20.8 Å². The molecule has 5 rings (SSSR count). The maximum atomic E-state index is 13.8. The number of carbonyl (C=O) groups excluding carboxylic acids is 2. The van der Waals surface area contributed by atoms with Crippen molar-refractivity contribution < 1.29 is 24.2 Å². The Morgan fingerprint density at radius 2 is 1.93 bits per heavy atom. The van der Waals surface area contributed by atoms with Gasteiger partial charge < -0.3 is 19.1 Å². The molecule has 2 unspecified atom stereocenters. The molecule has 2 heterocycles. The zero-order valence-corrected chi connectivity index (χ0v) is 25.3. The molecular weight excluding hydrogens is 520 g/mol. The number of ketones is 1. The van der Waals surface area contributed by atoms with Gasteiger partial charge in [-0.2, -0.15) is 0 Å². The van der Waals surface area contributed by atoms with E-state index in [-0.39, 0.29) is 40.1 Å².